The summed E-state index contributed by atoms with van der Waals surface area (Å²) >= 11 is -5.00. The van der Waals surface area contributed by atoms with Crippen LogP contribution < -0.4 is 0 Å². The quantitative estimate of drug-likeness (QED) is 0.226. The predicted octanol–water partition coefficient (Wildman–Crippen LogP) is -5.03. The molecule has 0 aliphatic rings. The molecule has 10 heavy (non-hydrogen) atoms. The van der Waals surface area contributed by atoms with Crippen molar-refractivity contribution >= 4 is 26.5 Å². The molecule has 0 atom stereocenters. The van der Waals surface area contributed by atoms with Crippen LogP contribution >= 0.6 is 0 Å². The van der Waals surface area contributed by atoms with Gasteiger partial charge in [0, 0.05) is 0 Å². The van der Waals surface area contributed by atoms with Crippen molar-refractivity contribution < 1.29 is 46.9 Å². The molecule has 0 rings (SSSR count). The molecule has 0 heterocycles. The second-order valence-electron chi connectivity index (χ2n) is 0.883. The van der Waals surface area contributed by atoms with Gasteiger partial charge < -0.3 is 9.59 Å². The Morgan fingerprint density at radius 1 is 1.00 bits per heavy atom. The van der Waals surface area contributed by atoms with Crippen LogP contribution in [0.25, 0.3) is 0 Å². The van der Waals surface area contributed by atoms with Crippen LogP contribution in [0.5, 0.6) is 0 Å². The summed E-state index contributed by atoms with van der Waals surface area (Å²) < 4.78 is 38.2. The van der Waals surface area contributed by atoms with E-state index in [1.165, 1.54) is 0 Å². The molecule has 0 aliphatic heterocycles. The van der Waals surface area contributed by atoms with Crippen molar-refractivity contribution in [1.82, 2.24) is 0 Å². The monoisotopic (exact) mass is 224 g/mol. The van der Waals surface area contributed by atoms with Crippen molar-refractivity contribution in [3.05, 3.63) is 0 Å². The Hall–Kier alpha value is 0.704. The molecule has 0 bridgehead atoms. The summed E-state index contributed by atoms with van der Waals surface area (Å²) in [5, 5.41) is 0. The molecule has 62 valence electrons. The van der Waals surface area contributed by atoms with Gasteiger partial charge in [-0.05, 0) is 0 Å². The van der Waals surface area contributed by atoms with Gasteiger partial charge in [0.2, 0.25) is 0 Å². The first-order valence-electron chi connectivity index (χ1n) is 1.55. The number of rotatable bonds is 0. The number of hydrogen-bond acceptors (Lipinski definition) is 5. The maximum absolute atomic E-state index is 8.74. The molecular formula is H9AlO7SiTi. The zero-order valence-corrected chi connectivity index (χ0v) is 6.65. The van der Waals surface area contributed by atoms with E-state index in [2.05, 4.69) is 0 Å². The van der Waals surface area contributed by atoms with Gasteiger partial charge >= 0.3 is 42.1 Å². The zero-order valence-electron chi connectivity index (χ0n) is 4.09. The number of hydrogen-bond donors (Lipinski definition) is 6. The second kappa shape index (κ2) is 7.81. The molecule has 6 N–H and O–H groups in total. The van der Waals surface area contributed by atoms with Crippen molar-refractivity contribution in [3.8, 4) is 0 Å². The van der Waals surface area contributed by atoms with Gasteiger partial charge in [0.15, 0.2) is 17.4 Å². The van der Waals surface area contributed by atoms with Crippen molar-refractivity contribution in [2.75, 3.05) is 0 Å². The minimum atomic E-state index is -5.00. The van der Waals surface area contributed by atoms with Gasteiger partial charge in [-0.2, -0.15) is 0 Å². The molecule has 0 spiro atoms. The Morgan fingerprint density at radius 2 is 1.00 bits per heavy atom. The fourth-order valence-corrected chi connectivity index (χ4v) is 0. The topological polar surface area (TPSA) is 138 Å². The first-order chi connectivity index (χ1) is 3.73. The van der Waals surface area contributed by atoms with Crippen LogP contribution in [0.2, 0.25) is 0 Å². The minimum absolute atomic E-state index is 0. The van der Waals surface area contributed by atoms with Gasteiger partial charge in [-0.25, -0.2) is 0 Å². The summed E-state index contributed by atoms with van der Waals surface area (Å²) in [7, 11) is -3.13. The third kappa shape index (κ3) is 1040. The van der Waals surface area contributed by atoms with Crippen LogP contribution in [0.15, 0.2) is 0 Å². The van der Waals surface area contributed by atoms with Crippen LogP contribution in [-0.2, 0) is 22.6 Å². The predicted molar refractivity (Wildman–Crippen MR) is 29.7 cm³/mol. The summed E-state index contributed by atoms with van der Waals surface area (Å²) in [6.45, 7) is 0. The first-order valence-corrected chi connectivity index (χ1v) is 5.64. The third-order valence-electron chi connectivity index (χ3n) is 0. The fraction of sp³-hybridized carbons (Fsp3) is 0. The molecule has 0 saturated carbocycles. The van der Waals surface area contributed by atoms with Gasteiger partial charge in [-0.3, -0.25) is 4.46 Å². The van der Waals surface area contributed by atoms with Crippen LogP contribution in [0, 0.1) is 0 Å². The summed E-state index contributed by atoms with van der Waals surface area (Å²) in [6, 6.07) is 0. The average Bonchev–Trinajstić information content (AvgIpc) is 1.19. The normalized spacial score (nSPS) is 8.40. The van der Waals surface area contributed by atoms with Crippen LogP contribution in [0.1, 0.15) is 0 Å². The molecule has 0 saturated heterocycles. The molecular weight excluding hydrogens is 215 g/mol. The zero-order chi connectivity index (χ0) is 8.08. The molecule has 0 aromatic heterocycles. The Bertz CT molecular complexity index is 76.1. The summed E-state index contributed by atoms with van der Waals surface area (Å²) in [4.78, 5) is 14.3. The Morgan fingerprint density at radius 3 is 1.00 bits per heavy atom. The first kappa shape index (κ1) is 17.0. The van der Waals surface area contributed by atoms with Crippen molar-refractivity contribution in [2.24, 2.45) is 0 Å². The second-order valence-corrected chi connectivity index (χ2v) is 3.32. The maximum atomic E-state index is 8.74. The van der Waals surface area contributed by atoms with E-state index in [0.29, 0.717) is 0 Å². The standard InChI is InChI=1S/Al.H2O3Si.4H2O.Ti.3H/c;1-4(2)3;;;;;;;;/h;1-2H;4*1H2;;;;/q;;;;;;+4;;;/p-4. The molecule has 7 nitrogen and oxygen atoms in total. The van der Waals surface area contributed by atoms with Crippen molar-refractivity contribution in [1.29, 1.82) is 0 Å². The molecule has 10 heteroatoms. The van der Waals surface area contributed by atoms with Gasteiger partial charge in [-0.1, -0.05) is 0 Å². The average molecular weight is 224 g/mol. The van der Waals surface area contributed by atoms with Gasteiger partial charge in [0.1, 0.15) is 0 Å². The van der Waals surface area contributed by atoms with Crippen molar-refractivity contribution in [3.63, 3.8) is 0 Å². The van der Waals surface area contributed by atoms with Gasteiger partial charge in [0.25, 0.3) is 0 Å². The molecule has 0 radical (unpaired) electrons. The Balaban J connectivity index is -0.0000000910. The SMILES string of the molecule is O=[Si](O)O.[AlH3].[OH][Ti]([OH])([OH])[OH]. The van der Waals surface area contributed by atoms with E-state index in [-0.39, 0.29) is 17.4 Å². The van der Waals surface area contributed by atoms with E-state index in [1.54, 1.807) is 0 Å². The summed E-state index contributed by atoms with van der Waals surface area (Å²) in [5.41, 5.74) is 0. The van der Waals surface area contributed by atoms with E-state index in [0.717, 1.165) is 0 Å². The van der Waals surface area contributed by atoms with Crippen molar-refractivity contribution in [2.45, 2.75) is 0 Å². The molecule has 0 aromatic carbocycles. The van der Waals surface area contributed by atoms with Crippen LogP contribution in [-0.4, -0.2) is 50.9 Å². The van der Waals surface area contributed by atoms with E-state index < -0.39 is 27.3 Å². The molecule has 0 aromatic rings. The molecule has 0 aliphatic carbocycles. The Kier molecular flexibility index (Phi) is 13.3. The molecule has 0 unspecified atom stereocenters. The van der Waals surface area contributed by atoms with Crippen LogP contribution in [0.4, 0.5) is 0 Å². The van der Waals surface area contributed by atoms with E-state index in [4.69, 9.17) is 28.8 Å². The fourth-order valence-electron chi connectivity index (χ4n) is 0. The third-order valence-corrected chi connectivity index (χ3v) is 0. The summed E-state index contributed by atoms with van der Waals surface area (Å²) in [5.74, 6) is 0. The Labute approximate surface area is 73.5 Å². The van der Waals surface area contributed by atoms with E-state index >= 15 is 0 Å². The molecule has 0 fully saturated rings. The summed E-state index contributed by atoms with van der Waals surface area (Å²) in [6.07, 6.45) is 0. The van der Waals surface area contributed by atoms with E-state index in [1.807, 2.05) is 0 Å². The van der Waals surface area contributed by atoms with Crippen LogP contribution in [0.3, 0.4) is 0 Å². The van der Waals surface area contributed by atoms with Gasteiger partial charge in [0.05, 0.1) is 0 Å². The van der Waals surface area contributed by atoms with Gasteiger partial charge in [-0.15, -0.1) is 0 Å². The van der Waals surface area contributed by atoms with E-state index in [9.17, 15) is 0 Å². The molecule has 0 amide bonds.